The largest absolute Gasteiger partial charge is 0.480 e. The van der Waals surface area contributed by atoms with Gasteiger partial charge in [-0.05, 0) is 40.5 Å². The third-order valence-corrected chi connectivity index (χ3v) is 3.75. The highest BCUT2D eigenvalue weighted by atomic mass is 16.5. The quantitative estimate of drug-likeness (QED) is 0.793. The number of hydrogen-bond acceptors (Lipinski definition) is 3. The van der Waals surface area contributed by atoms with E-state index in [0.29, 0.717) is 26.1 Å². The highest BCUT2D eigenvalue weighted by Gasteiger charge is 2.43. The molecule has 114 valence electrons. The summed E-state index contributed by atoms with van der Waals surface area (Å²) in [6.45, 7) is 9.30. The highest BCUT2D eigenvalue weighted by Crippen LogP contribution is 2.30. The van der Waals surface area contributed by atoms with Crippen molar-refractivity contribution in [3.63, 3.8) is 0 Å². The smallest absolute Gasteiger partial charge is 0.326 e. The summed E-state index contributed by atoms with van der Waals surface area (Å²) in [6.07, 6.45) is 1.29. The van der Waals surface area contributed by atoms with Gasteiger partial charge in [0.2, 0.25) is 0 Å². The maximum atomic E-state index is 12.6. The SMILES string of the molecule is CC1(C)CN(C(=O)N2CCCC2C(=O)O)CC(C)(C)O1. The molecule has 0 aromatic carbocycles. The third-order valence-electron chi connectivity index (χ3n) is 3.75. The summed E-state index contributed by atoms with van der Waals surface area (Å²) >= 11 is 0. The van der Waals surface area contributed by atoms with Crippen LogP contribution in [0.15, 0.2) is 0 Å². The molecule has 2 rings (SSSR count). The van der Waals surface area contributed by atoms with E-state index in [9.17, 15) is 14.7 Å². The molecule has 20 heavy (non-hydrogen) atoms. The number of morpholine rings is 1. The first kappa shape index (κ1) is 15.1. The molecule has 6 nitrogen and oxygen atoms in total. The molecule has 2 fully saturated rings. The van der Waals surface area contributed by atoms with Gasteiger partial charge in [0.25, 0.3) is 0 Å². The minimum absolute atomic E-state index is 0.181. The minimum Gasteiger partial charge on any atom is -0.480 e. The second-order valence-corrected chi connectivity index (χ2v) is 6.95. The molecule has 0 aliphatic carbocycles. The van der Waals surface area contributed by atoms with E-state index in [1.807, 2.05) is 27.7 Å². The van der Waals surface area contributed by atoms with E-state index in [1.165, 1.54) is 4.90 Å². The summed E-state index contributed by atoms with van der Waals surface area (Å²) in [5.41, 5.74) is -0.842. The van der Waals surface area contributed by atoms with Crippen LogP contribution < -0.4 is 0 Å². The molecule has 0 radical (unpaired) electrons. The number of rotatable bonds is 1. The maximum absolute atomic E-state index is 12.6. The van der Waals surface area contributed by atoms with Crippen molar-refractivity contribution in [2.75, 3.05) is 19.6 Å². The fourth-order valence-electron chi connectivity index (χ4n) is 3.36. The number of urea groups is 1. The second kappa shape index (κ2) is 4.91. The molecule has 1 atom stereocenters. The van der Waals surface area contributed by atoms with E-state index < -0.39 is 23.2 Å². The molecule has 2 aliphatic heterocycles. The molecule has 1 unspecified atom stereocenters. The van der Waals surface area contributed by atoms with Gasteiger partial charge in [-0.1, -0.05) is 0 Å². The van der Waals surface area contributed by atoms with Crippen LogP contribution in [0.2, 0.25) is 0 Å². The van der Waals surface area contributed by atoms with Crippen molar-refractivity contribution in [3.05, 3.63) is 0 Å². The Hall–Kier alpha value is -1.30. The Balaban J connectivity index is 2.14. The summed E-state index contributed by atoms with van der Waals surface area (Å²) in [5, 5.41) is 9.20. The van der Waals surface area contributed by atoms with Gasteiger partial charge < -0.3 is 19.6 Å². The Morgan fingerprint density at radius 1 is 1.15 bits per heavy atom. The summed E-state index contributed by atoms with van der Waals surface area (Å²) in [5.74, 6) is -0.914. The van der Waals surface area contributed by atoms with Crippen LogP contribution in [0.4, 0.5) is 4.79 Å². The molecule has 0 aromatic rings. The fraction of sp³-hybridized carbons (Fsp3) is 0.857. The lowest BCUT2D eigenvalue weighted by molar-refractivity contribution is -0.172. The van der Waals surface area contributed by atoms with Crippen molar-refractivity contribution >= 4 is 12.0 Å². The van der Waals surface area contributed by atoms with Gasteiger partial charge in [0, 0.05) is 6.54 Å². The van der Waals surface area contributed by atoms with E-state index in [2.05, 4.69) is 0 Å². The van der Waals surface area contributed by atoms with E-state index in [1.54, 1.807) is 4.90 Å². The number of aliphatic carboxylic acids is 1. The number of ether oxygens (including phenoxy) is 1. The monoisotopic (exact) mass is 284 g/mol. The minimum atomic E-state index is -0.914. The molecule has 2 aliphatic rings. The average Bonchev–Trinajstić information content (AvgIpc) is 2.72. The molecule has 0 aromatic heterocycles. The zero-order valence-electron chi connectivity index (χ0n) is 12.7. The van der Waals surface area contributed by atoms with Gasteiger partial charge >= 0.3 is 12.0 Å². The summed E-state index contributed by atoms with van der Waals surface area (Å²) < 4.78 is 5.95. The number of carbonyl (C=O) groups excluding carboxylic acids is 1. The van der Waals surface area contributed by atoms with Crippen LogP contribution in [0.1, 0.15) is 40.5 Å². The van der Waals surface area contributed by atoms with Crippen LogP contribution in [0.3, 0.4) is 0 Å². The number of likely N-dealkylation sites (tertiary alicyclic amines) is 1. The number of hydrogen-bond donors (Lipinski definition) is 1. The van der Waals surface area contributed by atoms with Crippen LogP contribution in [-0.2, 0) is 9.53 Å². The van der Waals surface area contributed by atoms with E-state index >= 15 is 0 Å². The molecule has 0 spiro atoms. The van der Waals surface area contributed by atoms with Gasteiger partial charge in [-0.3, -0.25) is 0 Å². The Morgan fingerprint density at radius 3 is 2.20 bits per heavy atom. The van der Waals surface area contributed by atoms with Crippen molar-refractivity contribution in [2.24, 2.45) is 0 Å². The predicted octanol–water partition coefficient (Wildman–Crippen LogP) is 1.54. The van der Waals surface area contributed by atoms with Gasteiger partial charge in [-0.25, -0.2) is 9.59 Å². The lowest BCUT2D eigenvalue weighted by atomic mass is 9.99. The van der Waals surface area contributed by atoms with Crippen molar-refractivity contribution in [2.45, 2.75) is 57.8 Å². The molecule has 2 amide bonds. The number of carboxylic acid groups (broad SMARTS) is 1. The van der Waals surface area contributed by atoms with Gasteiger partial charge in [0.05, 0.1) is 24.3 Å². The fourth-order valence-corrected chi connectivity index (χ4v) is 3.36. The molecule has 0 saturated carbocycles. The molecule has 1 N–H and O–H groups in total. The molecule has 2 saturated heterocycles. The van der Waals surface area contributed by atoms with E-state index in [0.717, 1.165) is 6.42 Å². The van der Waals surface area contributed by atoms with Crippen molar-refractivity contribution < 1.29 is 19.4 Å². The molecule has 6 heteroatoms. The number of amides is 2. The normalized spacial score (nSPS) is 28.5. The Bertz CT molecular complexity index is 403. The third kappa shape index (κ3) is 3.06. The highest BCUT2D eigenvalue weighted by molar-refractivity contribution is 5.83. The molecule has 0 bridgehead atoms. The van der Waals surface area contributed by atoms with Gasteiger partial charge in [0.15, 0.2) is 0 Å². The van der Waals surface area contributed by atoms with Crippen LogP contribution in [0.25, 0.3) is 0 Å². The van der Waals surface area contributed by atoms with Crippen molar-refractivity contribution in [1.82, 2.24) is 9.80 Å². The van der Waals surface area contributed by atoms with Gasteiger partial charge in [0.1, 0.15) is 6.04 Å². The Kier molecular flexibility index (Phi) is 3.71. The first-order valence-electron chi connectivity index (χ1n) is 7.10. The summed E-state index contributed by atoms with van der Waals surface area (Å²) in [6, 6.07) is -0.865. The topological polar surface area (TPSA) is 70.1 Å². The van der Waals surface area contributed by atoms with Gasteiger partial charge in [-0.2, -0.15) is 0 Å². The predicted molar refractivity (Wildman–Crippen MR) is 73.6 cm³/mol. The molecular weight excluding hydrogens is 260 g/mol. The van der Waals surface area contributed by atoms with Gasteiger partial charge in [-0.15, -0.1) is 0 Å². The number of carboxylic acids is 1. The first-order valence-corrected chi connectivity index (χ1v) is 7.10. The van der Waals surface area contributed by atoms with Crippen LogP contribution in [0.5, 0.6) is 0 Å². The Morgan fingerprint density at radius 2 is 1.70 bits per heavy atom. The second-order valence-electron chi connectivity index (χ2n) is 6.95. The zero-order chi connectivity index (χ0) is 15.1. The lowest BCUT2D eigenvalue weighted by Crippen LogP contribution is -2.61. The van der Waals surface area contributed by atoms with E-state index in [-0.39, 0.29) is 6.03 Å². The first-order chi connectivity index (χ1) is 9.11. The average molecular weight is 284 g/mol. The zero-order valence-corrected chi connectivity index (χ0v) is 12.7. The van der Waals surface area contributed by atoms with Crippen molar-refractivity contribution in [1.29, 1.82) is 0 Å². The number of nitrogens with zero attached hydrogens (tertiary/aromatic N) is 2. The Labute approximate surface area is 119 Å². The molecular formula is C14H24N2O4. The number of carbonyl (C=O) groups is 2. The van der Waals surface area contributed by atoms with Crippen LogP contribution >= 0.6 is 0 Å². The maximum Gasteiger partial charge on any atom is 0.326 e. The lowest BCUT2D eigenvalue weighted by Gasteiger charge is -2.48. The standard InChI is InChI=1S/C14H24N2O4/c1-13(2)8-15(9-14(3,4)20-13)12(19)16-7-5-6-10(16)11(17)18/h10H,5-9H2,1-4H3,(H,17,18). The summed E-state index contributed by atoms with van der Waals surface area (Å²) in [4.78, 5) is 27.1. The van der Waals surface area contributed by atoms with E-state index in [4.69, 9.17) is 4.74 Å². The van der Waals surface area contributed by atoms with Crippen LogP contribution in [-0.4, -0.2) is 63.8 Å². The molecule has 2 heterocycles. The van der Waals surface area contributed by atoms with Crippen molar-refractivity contribution in [3.8, 4) is 0 Å². The van der Waals surface area contributed by atoms with Crippen LogP contribution in [0, 0.1) is 0 Å². The summed E-state index contributed by atoms with van der Waals surface area (Å²) in [7, 11) is 0.